The Kier molecular flexibility index (Phi) is 5.76. The van der Waals surface area contributed by atoms with Crippen LogP contribution in [0.25, 0.3) is 0 Å². The molecule has 0 aliphatic rings. The van der Waals surface area contributed by atoms with Crippen molar-refractivity contribution in [3.05, 3.63) is 28.7 Å². The van der Waals surface area contributed by atoms with E-state index < -0.39 is 0 Å². The van der Waals surface area contributed by atoms with Crippen LogP contribution in [0.2, 0.25) is 0 Å². The van der Waals surface area contributed by atoms with Gasteiger partial charge in [0.2, 0.25) is 11.8 Å². The van der Waals surface area contributed by atoms with Gasteiger partial charge < -0.3 is 20.5 Å². The molecule has 1 aromatic heterocycles. The van der Waals surface area contributed by atoms with Crippen molar-refractivity contribution < 1.29 is 9.59 Å². The van der Waals surface area contributed by atoms with Gasteiger partial charge >= 0.3 is 0 Å². The molecule has 0 bridgehead atoms. The minimum Gasteiger partial charge on any atom is -0.398 e. The molecule has 1 aromatic rings. The number of carbonyl (C=O) groups excluding carboxylic acids is 2. The van der Waals surface area contributed by atoms with Crippen LogP contribution in [0.4, 0.5) is 5.69 Å². The van der Waals surface area contributed by atoms with Crippen molar-refractivity contribution in [3.8, 4) is 0 Å². The fraction of sp³-hybridized carbons (Fsp3) is 0.462. The second-order valence-corrected chi connectivity index (χ2v) is 4.53. The number of pyridine rings is 1. The molecule has 0 atom stereocenters. The average molecular weight is 280 g/mol. The van der Waals surface area contributed by atoms with Crippen LogP contribution in [-0.4, -0.2) is 41.4 Å². The third-order valence-electron chi connectivity index (χ3n) is 2.69. The van der Waals surface area contributed by atoms with Gasteiger partial charge in [0, 0.05) is 31.5 Å². The van der Waals surface area contributed by atoms with E-state index in [1.54, 1.807) is 0 Å². The van der Waals surface area contributed by atoms with Crippen LogP contribution in [0.1, 0.15) is 13.3 Å². The largest absolute Gasteiger partial charge is 0.398 e. The van der Waals surface area contributed by atoms with Gasteiger partial charge in [-0.05, 0) is 12.5 Å². The van der Waals surface area contributed by atoms with Crippen molar-refractivity contribution in [2.45, 2.75) is 19.9 Å². The quantitative estimate of drug-likeness (QED) is 0.728. The highest BCUT2D eigenvalue weighted by atomic mass is 16.2. The number of amides is 2. The van der Waals surface area contributed by atoms with Gasteiger partial charge in [-0.3, -0.25) is 14.4 Å². The van der Waals surface area contributed by atoms with Crippen LogP contribution in [-0.2, 0) is 16.1 Å². The first-order valence-electron chi connectivity index (χ1n) is 6.40. The molecule has 0 radical (unpaired) electrons. The van der Waals surface area contributed by atoms with Crippen LogP contribution >= 0.6 is 0 Å². The molecular formula is C13H20N4O3. The van der Waals surface area contributed by atoms with Crippen LogP contribution in [0, 0.1) is 0 Å². The number of rotatable bonds is 6. The Hall–Kier alpha value is -2.31. The molecule has 0 aliphatic carbocycles. The molecule has 0 unspecified atom stereocenters. The van der Waals surface area contributed by atoms with Gasteiger partial charge in [-0.2, -0.15) is 0 Å². The summed E-state index contributed by atoms with van der Waals surface area (Å²) in [5, 5.41) is 2.68. The first kappa shape index (κ1) is 15.7. The van der Waals surface area contributed by atoms with Gasteiger partial charge in [0.15, 0.2) is 0 Å². The predicted octanol–water partition coefficient (Wildman–Crippen LogP) is -0.585. The zero-order valence-electron chi connectivity index (χ0n) is 11.8. The summed E-state index contributed by atoms with van der Waals surface area (Å²) < 4.78 is 1.22. The third kappa shape index (κ3) is 4.75. The number of nitrogens with one attached hydrogen (secondary N) is 1. The molecule has 0 fully saturated rings. The molecule has 20 heavy (non-hydrogen) atoms. The summed E-state index contributed by atoms with van der Waals surface area (Å²) in [7, 11) is 1.52. The number of likely N-dealkylation sites (N-methyl/N-ethyl adjacent to an activating group) is 1. The molecule has 0 saturated heterocycles. The van der Waals surface area contributed by atoms with Crippen LogP contribution in [0.15, 0.2) is 23.1 Å². The molecular weight excluding hydrogens is 260 g/mol. The first-order valence-corrected chi connectivity index (χ1v) is 6.40. The van der Waals surface area contributed by atoms with E-state index in [1.165, 1.54) is 34.8 Å². The second kappa shape index (κ2) is 7.32. The summed E-state index contributed by atoms with van der Waals surface area (Å²) >= 11 is 0. The fourth-order valence-electron chi connectivity index (χ4n) is 1.56. The molecule has 0 aliphatic heterocycles. The molecule has 0 aromatic carbocycles. The number of nitrogen functional groups attached to an aromatic ring is 1. The maximum Gasteiger partial charge on any atom is 0.251 e. The van der Waals surface area contributed by atoms with E-state index in [-0.39, 0.29) is 30.5 Å². The number of hydrogen-bond donors (Lipinski definition) is 2. The van der Waals surface area contributed by atoms with Crippen molar-refractivity contribution >= 4 is 17.5 Å². The standard InChI is InChI=1S/C13H20N4O3/c1-3-6-15-11(18)8-16(2)13(20)9-17-7-10(14)4-5-12(17)19/h4-5,7H,3,6,8-9,14H2,1-2H3,(H,15,18). The molecule has 1 heterocycles. The summed E-state index contributed by atoms with van der Waals surface area (Å²) in [5.41, 5.74) is 5.66. The van der Waals surface area contributed by atoms with Crippen molar-refractivity contribution in [1.29, 1.82) is 0 Å². The van der Waals surface area contributed by atoms with Gasteiger partial charge in [-0.15, -0.1) is 0 Å². The molecule has 0 saturated carbocycles. The maximum atomic E-state index is 11.9. The highest BCUT2D eigenvalue weighted by Gasteiger charge is 2.13. The van der Waals surface area contributed by atoms with Gasteiger partial charge in [0.1, 0.15) is 6.54 Å². The van der Waals surface area contributed by atoms with Crippen molar-refractivity contribution in [2.24, 2.45) is 0 Å². The summed E-state index contributed by atoms with van der Waals surface area (Å²) in [6.45, 7) is 2.36. The lowest BCUT2D eigenvalue weighted by Gasteiger charge is -2.17. The van der Waals surface area contributed by atoms with Gasteiger partial charge in [-0.1, -0.05) is 6.92 Å². The number of hydrogen-bond acceptors (Lipinski definition) is 4. The normalized spacial score (nSPS) is 10.1. The van der Waals surface area contributed by atoms with Gasteiger partial charge in [0.25, 0.3) is 5.56 Å². The van der Waals surface area contributed by atoms with E-state index in [2.05, 4.69) is 5.32 Å². The van der Waals surface area contributed by atoms with Crippen molar-refractivity contribution in [2.75, 3.05) is 25.9 Å². The Morgan fingerprint density at radius 1 is 1.40 bits per heavy atom. The summed E-state index contributed by atoms with van der Waals surface area (Å²) in [6.07, 6.45) is 2.24. The zero-order chi connectivity index (χ0) is 15.1. The molecule has 2 amide bonds. The minimum absolute atomic E-state index is 0.0318. The second-order valence-electron chi connectivity index (χ2n) is 4.53. The topological polar surface area (TPSA) is 97.4 Å². The number of aromatic nitrogens is 1. The van der Waals surface area contributed by atoms with E-state index in [0.29, 0.717) is 12.2 Å². The molecule has 3 N–H and O–H groups in total. The summed E-state index contributed by atoms with van der Waals surface area (Å²) in [5.74, 6) is -0.549. The molecule has 7 heteroatoms. The fourth-order valence-corrected chi connectivity index (χ4v) is 1.56. The number of carbonyl (C=O) groups is 2. The van der Waals surface area contributed by atoms with E-state index in [9.17, 15) is 14.4 Å². The number of nitrogens with zero attached hydrogens (tertiary/aromatic N) is 2. The molecule has 110 valence electrons. The summed E-state index contributed by atoms with van der Waals surface area (Å²) in [6, 6.07) is 2.78. The lowest BCUT2D eigenvalue weighted by atomic mass is 10.4. The lowest BCUT2D eigenvalue weighted by molar-refractivity contribution is -0.135. The minimum atomic E-state index is -0.329. The Bertz CT molecular complexity index is 539. The monoisotopic (exact) mass is 280 g/mol. The van der Waals surface area contributed by atoms with E-state index in [1.807, 2.05) is 6.92 Å². The predicted molar refractivity (Wildman–Crippen MR) is 76.1 cm³/mol. The first-order chi connectivity index (χ1) is 9.43. The van der Waals surface area contributed by atoms with E-state index >= 15 is 0 Å². The molecule has 7 nitrogen and oxygen atoms in total. The van der Waals surface area contributed by atoms with Crippen molar-refractivity contribution in [1.82, 2.24) is 14.8 Å². The van der Waals surface area contributed by atoms with E-state index in [0.717, 1.165) is 6.42 Å². The van der Waals surface area contributed by atoms with Gasteiger partial charge in [-0.25, -0.2) is 0 Å². The van der Waals surface area contributed by atoms with Crippen molar-refractivity contribution in [3.63, 3.8) is 0 Å². The summed E-state index contributed by atoms with van der Waals surface area (Å²) in [4.78, 5) is 36.3. The van der Waals surface area contributed by atoms with Crippen LogP contribution in [0.3, 0.4) is 0 Å². The Labute approximate surface area is 117 Å². The van der Waals surface area contributed by atoms with Crippen LogP contribution < -0.4 is 16.6 Å². The van der Waals surface area contributed by atoms with Crippen LogP contribution in [0.5, 0.6) is 0 Å². The zero-order valence-corrected chi connectivity index (χ0v) is 11.8. The maximum absolute atomic E-state index is 11.9. The lowest BCUT2D eigenvalue weighted by Crippen LogP contribution is -2.40. The molecule has 1 rings (SSSR count). The Balaban J connectivity index is 2.59. The SMILES string of the molecule is CCCNC(=O)CN(C)C(=O)Cn1cc(N)ccc1=O. The van der Waals surface area contributed by atoms with Gasteiger partial charge in [0.05, 0.1) is 6.54 Å². The Morgan fingerprint density at radius 2 is 2.10 bits per heavy atom. The number of anilines is 1. The smallest absolute Gasteiger partial charge is 0.251 e. The highest BCUT2D eigenvalue weighted by molar-refractivity contribution is 5.84. The third-order valence-corrected chi connectivity index (χ3v) is 2.69. The number of nitrogens with two attached hydrogens (primary N) is 1. The Morgan fingerprint density at radius 3 is 2.75 bits per heavy atom. The molecule has 0 spiro atoms. The highest BCUT2D eigenvalue weighted by Crippen LogP contribution is 1.97. The average Bonchev–Trinajstić information content (AvgIpc) is 2.40. The van der Waals surface area contributed by atoms with E-state index in [4.69, 9.17) is 5.73 Å².